The van der Waals surface area contributed by atoms with Crippen molar-refractivity contribution in [2.45, 2.75) is 0 Å². The lowest BCUT2D eigenvalue weighted by atomic mass is 10.2. The summed E-state index contributed by atoms with van der Waals surface area (Å²) in [5, 5.41) is 17.6. The first-order valence-electron chi connectivity index (χ1n) is 5.83. The second kappa shape index (κ2) is 4.75. The minimum absolute atomic E-state index is 0.0340. The molecule has 7 nitrogen and oxygen atoms in total. The van der Waals surface area contributed by atoms with Gasteiger partial charge in [-0.05, 0) is 18.2 Å². The Morgan fingerprint density at radius 3 is 2.86 bits per heavy atom. The van der Waals surface area contributed by atoms with Crippen molar-refractivity contribution >= 4 is 28.8 Å². The summed E-state index contributed by atoms with van der Waals surface area (Å²) in [4.78, 5) is 22.8. The van der Waals surface area contributed by atoms with Crippen LogP contribution in [0.5, 0.6) is 0 Å². The minimum Gasteiger partial charge on any atom is -0.475 e. The maximum atomic E-state index is 13.1. The molecule has 3 aromatic rings. The Balaban J connectivity index is 1.91. The Hall–Kier alpha value is -3.16. The number of nitrogens with zero attached hydrogens (tertiary/aromatic N) is 1. The van der Waals surface area contributed by atoms with Crippen molar-refractivity contribution in [3.05, 3.63) is 47.5 Å². The van der Waals surface area contributed by atoms with E-state index in [4.69, 9.17) is 9.52 Å². The molecule has 1 aromatic carbocycles. The minimum atomic E-state index is -1.23. The number of aromatic amines is 1. The van der Waals surface area contributed by atoms with E-state index in [9.17, 15) is 14.0 Å². The fourth-order valence-corrected chi connectivity index (χ4v) is 1.82. The number of amides is 1. The zero-order chi connectivity index (χ0) is 15.0. The number of carbonyl (C=O) groups is 2. The lowest BCUT2D eigenvalue weighted by molar-refractivity contribution is 0.0665. The van der Waals surface area contributed by atoms with Crippen molar-refractivity contribution in [2.75, 3.05) is 5.32 Å². The van der Waals surface area contributed by atoms with Crippen LogP contribution < -0.4 is 5.32 Å². The number of aromatic carboxylic acids is 1. The van der Waals surface area contributed by atoms with Crippen LogP contribution >= 0.6 is 0 Å². The molecular weight excluding hydrogens is 281 g/mol. The van der Waals surface area contributed by atoms with E-state index in [0.717, 1.165) is 6.07 Å². The highest BCUT2D eigenvalue weighted by Gasteiger charge is 2.18. The Morgan fingerprint density at radius 2 is 2.14 bits per heavy atom. The molecule has 0 spiro atoms. The topological polar surface area (TPSA) is 108 Å². The number of rotatable bonds is 3. The first kappa shape index (κ1) is 12.9. The number of halogens is 1. The molecule has 0 unspecified atom stereocenters. The number of hydrogen-bond acceptors (Lipinski definition) is 4. The molecule has 2 aromatic heterocycles. The molecule has 0 aliphatic rings. The zero-order valence-corrected chi connectivity index (χ0v) is 10.4. The monoisotopic (exact) mass is 289 g/mol. The van der Waals surface area contributed by atoms with E-state index >= 15 is 0 Å². The Kier molecular flexibility index (Phi) is 2.90. The summed E-state index contributed by atoms with van der Waals surface area (Å²) >= 11 is 0. The van der Waals surface area contributed by atoms with Gasteiger partial charge in [0, 0.05) is 11.6 Å². The lowest BCUT2D eigenvalue weighted by Gasteiger charge is -2.01. The van der Waals surface area contributed by atoms with Crippen LogP contribution in [-0.4, -0.2) is 27.2 Å². The predicted octanol–water partition coefficient (Wildman–Crippen LogP) is 2.25. The normalized spacial score (nSPS) is 10.7. The van der Waals surface area contributed by atoms with Gasteiger partial charge in [-0.15, -0.1) is 0 Å². The summed E-state index contributed by atoms with van der Waals surface area (Å²) in [5.41, 5.74) is 0.551. The van der Waals surface area contributed by atoms with Crippen molar-refractivity contribution in [3.8, 4) is 0 Å². The summed E-state index contributed by atoms with van der Waals surface area (Å²) in [6.07, 6.45) is 0. The number of furan rings is 1. The van der Waals surface area contributed by atoms with Crippen LogP contribution in [-0.2, 0) is 0 Å². The number of carboxylic acids is 1. The van der Waals surface area contributed by atoms with Gasteiger partial charge in [0.05, 0.1) is 0 Å². The van der Waals surface area contributed by atoms with Crippen molar-refractivity contribution in [2.24, 2.45) is 0 Å². The Labute approximate surface area is 116 Å². The van der Waals surface area contributed by atoms with Gasteiger partial charge in [0.25, 0.3) is 5.91 Å². The standard InChI is InChI=1S/C13H8FN3O4/c14-7-3-1-2-6(4-7)12(18)15-11-10-8(16-17-11)5-9(21-10)13(19)20/h1-5H,(H,19,20)(H2,15,16,17,18). The van der Waals surface area contributed by atoms with Gasteiger partial charge < -0.3 is 14.8 Å². The molecule has 3 rings (SSSR count). The third-order valence-corrected chi connectivity index (χ3v) is 2.76. The number of anilines is 1. The maximum absolute atomic E-state index is 13.1. The summed E-state index contributed by atoms with van der Waals surface area (Å²) in [6, 6.07) is 6.38. The highest BCUT2D eigenvalue weighted by Crippen LogP contribution is 2.24. The van der Waals surface area contributed by atoms with Gasteiger partial charge in [-0.1, -0.05) is 6.07 Å². The Morgan fingerprint density at radius 1 is 1.33 bits per heavy atom. The smallest absolute Gasteiger partial charge is 0.371 e. The van der Waals surface area contributed by atoms with Gasteiger partial charge in [-0.2, -0.15) is 5.10 Å². The number of hydrogen-bond donors (Lipinski definition) is 3. The average molecular weight is 289 g/mol. The fraction of sp³-hybridized carbons (Fsp3) is 0. The third kappa shape index (κ3) is 2.34. The van der Waals surface area contributed by atoms with Crippen LogP contribution in [0.1, 0.15) is 20.9 Å². The molecule has 0 aliphatic carbocycles. The van der Waals surface area contributed by atoms with Crippen molar-refractivity contribution < 1.29 is 23.5 Å². The van der Waals surface area contributed by atoms with E-state index in [1.54, 1.807) is 0 Å². The molecule has 8 heteroatoms. The number of carboxylic acid groups (broad SMARTS) is 1. The maximum Gasteiger partial charge on any atom is 0.371 e. The van der Waals surface area contributed by atoms with E-state index < -0.39 is 17.7 Å². The molecule has 0 saturated carbocycles. The number of H-pyrrole nitrogens is 1. The molecule has 2 heterocycles. The average Bonchev–Trinajstić information content (AvgIpc) is 3.01. The quantitative estimate of drug-likeness (QED) is 0.685. The first-order chi connectivity index (χ1) is 10.0. The van der Waals surface area contributed by atoms with Crippen molar-refractivity contribution in [3.63, 3.8) is 0 Å². The molecule has 0 bridgehead atoms. The first-order valence-corrected chi connectivity index (χ1v) is 5.83. The van der Waals surface area contributed by atoms with Gasteiger partial charge in [-0.25, -0.2) is 9.18 Å². The lowest BCUT2D eigenvalue weighted by Crippen LogP contribution is -2.12. The predicted molar refractivity (Wildman–Crippen MR) is 69.7 cm³/mol. The number of carbonyl (C=O) groups excluding carboxylic acids is 1. The summed E-state index contributed by atoms with van der Waals surface area (Å²) in [7, 11) is 0. The zero-order valence-electron chi connectivity index (χ0n) is 10.4. The largest absolute Gasteiger partial charge is 0.475 e. The van der Waals surface area contributed by atoms with Gasteiger partial charge in [0.15, 0.2) is 11.4 Å². The van der Waals surface area contributed by atoms with Crippen LogP contribution in [0.3, 0.4) is 0 Å². The van der Waals surface area contributed by atoms with Crippen LogP contribution in [0.15, 0.2) is 34.7 Å². The number of nitrogens with one attached hydrogen (secondary N) is 2. The number of benzene rings is 1. The van der Waals surface area contributed by atoms with E-state index in [1.807, 2.05) is 0 Å². The highest BCUT2D eigenvalue weighted by molar-refractivity contribution is 6.07. The molecule has 0 fully saturated rings. The SMILES string of the molecule is O=C(Nc1n[nH]c2cc(C(=O)O)oc12)c1cccc(F)c1. The summed E-state index contributed by atoms with van der Waals surface area (Å²) in [6.45, 7) is 0. The van der Waals surface area contributed by atoms with Gasteiger partial charge in [0.1, 0.15) is 11.3 Å². The third-order valence-electron chi connectivity index (χ3n) is 2.76. The molecule has 3 N–H and O–H groups in total. The number of fused-ring (bicyclic) bond motifs is 1. The van der Waals surface area contributed by atoms with Gasteiger partial charge in [0.2, 0.25) is 5.76 Å². The van der Waals surface area contributed by atoms with Gasteiger partial charge in [-0.3, -0.25) is 9.89 Å². The number of aromatic nitrogens is 2. The van der Waals surface area contributed by atoms with Gasteiger partial charge >= 0.3 is 5.97 Å². The molecule has 1 amide bonds. The highest BCUT2D eigenvalue weighted by atomic mass is 19.1. The second-order valence-corrected chi connectivity index (χ2v) is 4.20. The molecule has 0 atom stereocenters. The Bertz CT molecular complexity index is 852. The van der Waals surface area contributed by atoms with E-state index in [0.29, 0.717) is 5.52 Å². The summed E-state index contributed by atoms with van der Waals surface area (Å²) < 4.78 is 18.1. The molecule has 21 heavy (non-hydrogen) atoms. The molecule has 0 radical (unpaired) electrons. The van der Waals surface area contributed by atoms with Crippen LogP contribution in [0.4, 0.5) is 10.2 Å². The van der Waals surface area contributed by atoms with E-state index in [-0.39, 0.29) is 22.7 Å². The molecular formula is C13H8FN3O4. The van der Waals surface area contributed by atoms with E-state index in [1.165, 1.54) is 24.3 Å². The van der Waals surface area contributed by atoms with Crippen molar-refractivity contribution in [1.82, 2.24) is 10.2 Å². The van der Waals surface area contributed by atoms with Crippen LogP contribution in [0.2, 0.25) is 0 Å². The second-order valence-electron chi connectivity index (χ2n) is 4.20. The fourth-order valence-electron chi connectivity index (χ4n) is 1.82. The van der Waals surface area contributed by atoms with E-state index in [2.05, 4.69) is 15.5 Å². The van der Waals surface area contributed by atoms with Crippen LogP contribution in [0, 0.1) is 5.82 Å². The molecule has 0 saturated heterocycles. The molecule has 106 valence electrons. The van der Waals surface area contributed by atoms with Crippen LogP contribution in [0.25, 0.3) is 11.1 Å². The van der Waals surface area contributed by atoms with Crippen molar-refractivity contribution in [1.29, 1.82) is 0 Å². The molecule has 0 aliphatic heterocycles. The summed E-state index contributed by atoms with van der Waals surface area (Å²) in [5.74, 6) is -2.61.